The first-order valence-electron chi connectivity index (χ1n) is 4.11. The Kier molecular flexibility index (Phi) is 2.57. The molecule has 0 aliphatic carbocycles. The highest BCUT2D eigenvalue weighted by Crippen LogP contribution is 2.35. The number of phenolic OH excluding ortho intramolecular Hbond substituents is 1. The lowest BCUT2D eigenvalue weighted by atomic mass is 9.87. The van der Waals surface area contributed by atoms with Crippen molar-refractivity contribution in [2.24, 2.45) is 0 Å². The van der Waals surface area contributed by atoms with E-state index in [2.05, 4.69) is 36.7 Å². The smallest absolute Gasteiger partial charge is 0.152 e. The lowest BCUT2D eigenvalue weighted by molar-refractivity contribution is 0.473. The van der Waals surface area contributed by atoms with E-state index in [9.17, 15) is 5.11 Å². The van der Waals surface area contributed by atoms with Gasteiger partial charge >= 0.3 is 0 Å². The number of hydrogen-bond donors (Lipinski definition) is 2. The van der Waals surface area contributed by atoms with Crippen LogP contribution < -0.4 is 5.73 Å². The maximum atomic E-state index is 9.42. The summed E-state index contributed by atoms with van der Waals surface area (Å²) >= 11 is 3.26. The monoisotopic (exact) mass is 243 g/mol. The van der Waals surface area contributed by atoms with Gasteiger partial charge in [-0.05, 0) is 39.0 Å². The molecular weight excluding hydrogens is 230 g/mol. The summed E-state index contributed by atoms with van der Waals surface area (Å²) in [5.41, 5.74) is 7.21. The van der Waals surface area contributed by atoms with Crippen molar-refractivity contribution in [3.63, 3.8) is 0 Å². The fourth-order valence-corrected chi connectivity index (χ4v) is 1.53. The highest BCUT2D eigenvalue weighted by molar-refractivity contribution is 9.10. The summed E-state index contributed by atoms with van der Waals surface area (Å²) in [6.45, 7) is 6.31. The van der Waals surface area contributed by atoms with Crippen LogP contribution in [0.15, 0.2) is 16.6 Å². The van der Waals surface area contributed by atoms with Crippen LogP contribution in [0, 0.1) is 0 Å². The fourth-order valence-electron chi connectivity index (χ4n) is 1.05. The molecule has 0 spiro atoms. The van der Waals surface area contributed by atoms with E-state index in [1.807, 2.05) is 6.07 Å². The Balaban J connectivity index is 3.29. The summed E-state index contributed by atoms with van der Waals surface area (Å²) in [5.74, 6) is 0.119. The van der Waals surface area contributed by atoms with Gasteiger partial charge in [0.2, 0.25) is 0 Å². The number of hydrogen-bond acceptors (Lipinski definition) is 2. The van der Waals surface area contributed by atoms with Crippen LogP contribution in [0.3, 0.4) is 0 Å². The van der Waals surface area contributed by atoms with Crippen molar-refractivity contribution in [3.8, 4) is 5.75 Å². The molecule has 1 rings (SSSR count). The third-order valence-electron chi connectivity index (χ3n) is 1.96. The second kappa shape index (κ2) is 3.22. The maximum absolute atomic E-state index is 9.42. The number of nitrogen functional groups attached to an aromatic ring is 1. The van der Waals surface area contributed by atoms with Crippen molar-refractivity contribution in [2.75, 3.05) is 5.73 Å². The zero-order valence-electron chi connectivity index (χ0n) is 8.06. The molecule has 3 heteroatoms. The molecule has 0 unspecified atom stereocenters. The number of aromatic hydroxyl groups is 1. The predicted molar refractivity (Wildman–Crippen MR) is 58.9 cm³/mol. The second-order valence-corrected chi connectivity index (χ2v) is 5.00. The van der Waals surface area contributed by atoms with Gasteiger partial charge in [-0.1, -0.05) is 20.8 Å². The molecule has 0 radical (unpaired) electrons. The van der Waals surface area contributed by atoms with Crippen LogP contribution in [0.5, 0.6) is 5.75 Å². The van der Waals surface area contributed by atoms with E-state index < -0.39 is 0 Å². The Morgan fingerprint density at radius 1 is 1.31 bits per heavy atom. The summed E-state index contributed by atoms with van der Waals surface area (Å²) in [5, 5.41) is 9.42. The van der Waals surface area contributed by atoms with Gasteiger partial charge in [-0.2, -0.15) is 0 Å². The zero-order chi connectivity index (χ0) is 10.2. The van der Waals surface area contributed by atoms with Gasteiger partial charge < -0.3 is 10.8 Å². The predicted octanol–water partition coefficient (Wildman–Crippen LogP) is 3.03. The summed E-state index contributed by atoms with van der Waals surface area (Å²) < 4.78 is 0.650. The van der Waals surface area contributed by atoms with Crippen molar-refractivity contribution in [2.45, 2.75) is 26.2 Å². The molecule has 0 saturated heterocycles. The van der Waals surface area contributed by atoms with Gasteiger partial charge in [0, 0.05) is 0 Å². The Hall–Kier alpha value is -0.700. The molecule has 0 aliphatic rings. The first kappa shape index (κ1) is 10.4. The molecular formula is C10H14BrNO. The van der Waals surface area contributed by atoms with Gasteiger partial charge in [0.05, 0.1) is 10.2 Å². The summed E-state index contributed by atoms with van der Waals surface area (Å²) in [6, 6.07) is 3.70. The minimum absolute atomic E-state index is 0.0460. The molecule has 0 atom stereocenters. The van der Waals surface area contributed by atoms with Gasteiger partial charge in [0.1, 0.15) is 0 Å². The van der Waals surface area contributed by atoms with E-state index in [1.165, 1.54) is 0 Å². The van der Waals surface area contributed by atoms with Crippen molar-refractivity contribution in [1.82, 2.24) is 0 Å². The van der Waals surface area contributed by atoms with E-state index in [1.54, 1.807) is 6.07 Å². The minimum Gasteiger partial charge on any atom is -0.505 e. The van der Waals surface area contributed by atoms with Gasteiger partial charge in [0.15, 0.2) is 5.75 Å². The molecule has 0 aliphatic heterocycles. The molecule has 0 fully saturated rings. The zero-order valence-corrected chi connectivity index (χ0v) is 9.64. The van der Waals surface area contributed by atoms with Gasteiger partial charge in [-0.3, -0.25) is 0 Å². The van der Waals surface area contributed by atoms with Crippen LogP contribution in [0.4, 0.5) is 5.69 Å². The van der Waals surface area contributed by atoms with Crippen LogP contribution in [-0.4, -0.2) is 5.11 Å². The maximum Gasteiger partial charge on any atom is 0.152 e. The highest BCUT2D eigenvalue weighted by atomic mass is 79.9. The third-order valence-corrected chi connectivity index (χ3v) is 2.56. The van der Waals surface area contributed by atoms with Crippen molar-refractivity contribution >= 4 is 21.6 Å². The summed E-state index contributed by atoms with van der Waals surface area (Å²) in [6.07, 6.45) is 0. The fraction of sp³-hybridized carbons (Fsp3) is 0.400. The van der Waals surface area contributed by atoms with E-state index >= 15 is 0 Å². The third kappa shape index (κ3) is 2.15. The molecule has 0 heterocycles. The molecule has 0 bridgehead atoms. The van der Waals surface area contributed by atoms with Crippen molar-refractivity contribution in [1.29, 1.82) is 0 Å². The molecule has 13 heavy (non-hydrogen) atoms. The number of rotatable bonds is 0. The molecule has 1 aromatic carbocycles. The SMILES string of the molecule is CC(C)(C)c1cc(N)c(O)c(Br)c1. The van der Waals surface area contributed by atoms with Crippen molar-refractivity contribution < 1.29 is 5.11 Å². The van der Waals surface area contributed by atoms with Crippen LogP contribution in [0.2, 0.25) is 0 Å². The molecule has 72 valence electrons. The average Bonchev–Trinajstić information content (AvgIpc) is 1.97. The van der Waals surface area contributed by atoms with Crippen molar-refractivity contribution in [3.05, 3.63) is 22.2 Å². The topological polar surface area (TPSA) is 46.2 Å². The van der Waals surface area contributed by atoms with E-state index in [0.29, 0.717) is 10.2 Å². The van der Waals surface area contributed by atoms with Crippen LogP contribution in [-0.2, 0) is 5.41 Å². The lowest BCUT2D eigenvalue weighted by Gasteiger charge is -2.20. The van der Waals surface area contributed by atoms with E-state index in [-0.39, 0.29) is 11.2 Å². The average molecular weight is 244 g/mol. The Labute approximate surface area is 86.9 Å². The quantitative estimate of drug-likeness (QED) is 0.544. The summed E-state index contributed by atoms with van der Waals surface area (Å²) in [7, 11) is 0. The largest absolute Gasteiger partial charge is 0.505 e. The highest BCUT2D eigenvalue weighted by Gasteiger charge is 2.16. The second-order valence-electron chi connectivity index (χ2n) is 4.15. The van der Waals surface area contributed by atoms with Crippen LogP contribution >= 0.6 is 15.9 Å². The number of benzene rings is 1. The van der Waals surface area contributed by atoms with Crippen LogP contribution in [0.25, 0.3) is 0 Å². The number of anilines is 1. The van der Waals surface area contributed by atoms with Gasteiger partial charge in [-0.15, -0.1) is 0 Å². The number of nitrogens with two attached hydrogens (primary N) is 1. The normalized spacial score (nSPS) is 11.7. The molecule has 0 saturated carbocycles. The molecule has 0 amide bonds. The molecule has 3 N–H and O–H groups in total. The number of halogens is 1. The standard InChI is InChI=1S/C10H14BrNO/c1-10(2,3)6-4-7(11)9(13)8(12)5-6/h4-5,13H,12H2,1-3H3. The van der Waals surface area contributed by atoms with Crippen LogP contribution in [0.1, 0.15) is 26.3 Å². The van der Waals surface area contributed by atoms with E-state index in [0.717, 1.165) is 5.56 Å². The molecule has 2 nitrogen and oxygen atoms in total. The first-order valence-corrected chi connectivity index (χ1v) is 4.90. The first-order chi connectivity index (χ1) is 5.82. The summed E-state index contributed by atoms with van der Waals surface area (Å²) in [4.78, 5) is 0. The van der Waals surface area contributed by atoms with Gasteiger partial charge in [-0.25, -0.2) is 0 Å². The van der Waals surface area contributed by atoms with E-state index in [4.69, 9.17) is 5.73 Å². The Bertz CT molecular complexity index is 305. The molecule has 0 aromatic heterocycles. The Morgan fingerprint density at radius 2 is 1.85 bits per heavy atom. The molecule has 1 aromatic rings. The minimum atomic E-state index is 0.0460. The Morgan fingerprint density at radius 3 is 2.23 bits per heavy atom. The van der Waals surface area contributed by atoms with Gasteiger partial charge in [0.25, 0.3) is 0 Å². The number of phenols is 1. The lowest BCUT2D eigenvalue weighted by Crippen LogP contribution is -2.11.